The van der Waals surface area contributed by atoms with E-state index in [1.807, 2.05) is 0 Å². The van der Waals surface area contributed by atoms with Crippen molar-refractivity contribution in [1.82, 2.24) is 15.1 Å². The fraction of sp³-hybridized carbons (Fsp3) is 0.400. The van der Waals surface area contributed by atoms with Crippen LogP contribution in [0.1, 0.15) is 5.56 Å². The summed E-state index contributed by atoms with van der Waals surface area (Å²) in [5.74, 6) is 1.28. The lowest BCUT2D eigenvalue weighted by Crippen LogP contribution is -2.42. The molecule has 12 heteroatoms. The number of hydrogen-bond donors (Lipinski definition) is 1. The minimum atomic E-state index is -0.450. The molecule has 0 radical (unpaired) electrons. The summed E-state index contributed by atoms with van der Waals surface area (Å²) < 4.78 is 15.9. The monoisotopic (exact) mass is 481 g/mol. The Kier molecular flexibility index (Phi) is 7.91. The summed E-state index contributed by atoms with van der Waals surface area (Å²) in [6.45, 7) is 0.101. The summed E-state index contributed by atoms with van der Waals surface area (Å²) in [6, 6.07) is 3.35. The minimum absolute atomic E-state index is 0.0330. The summed E-state index contributed by atoms with van der Waals surface area (Å²) in [4.78, 5) is 51.4. The number of ether oxygens (including phenoxy) is 3. The molecule has 2 saturated heterocycles. The lowest BCUT2D eigenvalue weighted by Gasteiger charge is -2.16. The van der Waals surface area contributed by atoms with Gasteiger partial charge in [-0.2, -0.15) is 0 Å². The van der Waals surface area contributed by atoms with Crippen molar-refractivity contribution < 1.29 is 33.4 Å². The molecule has 4 amide bonds. The molecule has 0 bridgehead atoms. The predicted molar refractivity (Wildman–Crippen MR) is 121 cm³/mol. The van der Waals surface area contributed by atoms with Gasteiger partial charge < -0.3 is 24.4 Å². The highest BCUT2D eigenvalue weighted by Crippen LogP contribution is 2.40. The number of nitrogens with zero attached hydrogens (tertiary/aromatic N) is 2. The first-order valence-electron chi connectivity index (χ1n) is 9.55. The van der Waals surface area contributed by atoms with Crippen molar-refractivity contribution in [3.05, 3.63) is 22.6 Å². The third kappa shape index (κ3) is 5.30. The van der Waals surface area contributed by atoms with E-state index < -0.39 is 11.1 Å². The van der Waals surface area contributed by atoms with Gasteiger partial charge in [0.15, 0.2) is 11.5 Å². The number of carbonyl (C=O) groups excluding carboxylic acids is 4. The van der Waals surface area contributed by atoms with Crippen LogP contribution in [-0.4, -0.2) is 85.4 Å². The van der Waals surface area contributed by atoms with Crippen LogP contribution >= 0.6 is 23.5 Å². The van der Waals surface area contributed by atoms with Crippen LogP contribution in [0.4, 0.5) is 4.79 Å². The Morgan fingerprint density at radius 3 is 2.38 bits per heavy atom. The van der Waals surface area contributed by atoms with Crippen LogP contribution in [0, 0.1) is 0 Å². The highest BCUT2D eigenvalue weighted by atomic mass is 32.2. The number of thioether (sulfide) groups is 2. The van der Waals surface area contributed by atoms with Crippen molar-refractivity contribution in [2.75, 3.05) is 52.6 Å². The third-order valence-corrected chi connectivity index (χ3v) is 6.53. The molecule has 2 heterocycles. The Bertz CT molecular complexity index is 942. The van der Waals surface area contributed by atoms with E-state index in [9.17, 15) is 19.2 Å². The second-order valence-electron chi connectivity index (χ2n) is 6.71. The number of hydrogen-bond acceptors (Lipinski definition) is 9. The van der Waals surface area contributed by atoms with E-state index in [4.69, 9.17) is 14.2 Å². The van der Waals surface area contributed by atoms with Crippen LogP contribution in [0.5, 0.6) is 17.2 Å². The lowest BCUT2D eigenvalue weighted by molar-refractivity contribution is -0.132. The Morgan fingerprint density at radius 2 is 1.81 bits per heavy atom. The first kappa shape index (κ1) is 23.8. The van der Waals surface area contributed by atoms with Gasteiger partial charge >= 0.3 is 0 Å². The number of carbonyl (C=O) groups is 4. The van der Waals surface area contributed by atoms with Crippen molar-refractivity contribution in [1.29, 1.82) is 0 Å². The van der Waals surface area contributed by atoms with Crippen molar-refractivity contribution in [2.45, 2.75) is 0 Å². The maximum Gasteiger partial charge on any atom is 0.293 e. The smallest absolute Gasteiger partial charge is 0.293 e. The van der Waals surface area contributed by atoms with Crippen molar-refractivity contribution in [3.63, 3.8) is 0 Å². The third-order valence-electron chi connectivity index (χ3n) is 4.68. The van der Waals surface area contributed by atoms with E-state index in [2.05, 4.69) is 5.32 Å². The average Bonchev–Trinajstić information content (AvgIpc) is 3.29. The highest BCUT2D eigenvalue weighted by Gasteiger charge is 2.35. The molecule has 0 aromatic heterocycles. The van der Waals surface area contributed by atoms with Gasteiger partial charge in [-0.3, -0.25) is 24.1 Å². The fourth-order valence-corrected chi connectivity index (χ4v) is 4.87. The zero-order valence-electron chi connectivity index (χ0n) is 17.8. The molecule has 3 rings (SSSR count). The summed E-state index contributed by atoms with van der Waals surface area (Å²) in [5.41, 5.74) is 0.603. The van der Waals surface area contributed by atoms with Gasteiger partial charge in [0, 0.05) is 13.1 Å². The molecular formula is C20H23N3O7S2. The van der Waals surface area contributed by atoms with E-state index in [0.29, 0.717) is 34.4 Å². The summed E-state index contributed by atoms with van der Waals surface area (Å²) in [7, 11) is 4.47. The fourth-order valence-electron chi connectivity index (χ4n) is 3.11. The molecule has 0 saturated carbocycles. The molecular weight excluding hydrogens is 458 g/mol. The van der Waals surface area contributed by atoms with Gasteiger partial charge in [0.25, 0.3) is 11.1 Å². The van der Waals surface area contributed by atoms with Crippen LogP contribution in [0.3, 0.4) is 0 Å². The Labute approximate surface area is 193 Å². The molecule has 2 aliphatic rings. The minimum Gasteiger partial charge on any atom is -0.493 e. The normalized spacial score (nSPS) is 17.3. The van der Waals surface area contributed by atoms with Gasteiger partial charge in [0.1, 0.15) is 6.54 Å². The summed E-state index contributed by atoms with van der Waals surface area (Å²) >= 11 is 2.27. The molecule has 10 nitrogen and oxygen atoms in total. The van der Waals surface area contributed by atoms with E-state index in [1.54, 1.807) is 18.2 Å². The quantitative estimate of drug-likeness (QED) is 0.523. The van der Waals surface area contributed by atoms with Crippen LogP contribution in [0.25, 0.3) is 6.08 Å². The Morgan fingerprint density at radius 1 is 1.12 bits per heavy atom. The summed E-state index contributed by atoms with van der Waals surface area (Å²) in [6.07, 6.45) is 1.57. The maximum atomic E-state index is 12.7. The number of methoxy groups -OCH3 is 3. The van der Waals surface area contributed by atoms with Crippen LogP contribution in [0.2, 0.25) is 0 Å². The van der Waals surface area contributed by atoms with Crippen LogP contribution in [-0.2, 0) is 14.4 Å². The Balaban J connectivity index is 1.62. The molecule has 0 atom stereocenters. The number of benzene rings is 1. The zero-order valence-corrected chi connectivity index (χ0v) is 19.5. The van der Waals surface area contributed by atoms with Gasteiger partial charge in [-0.1, -0.05) is 0 Å². The number of imide groups is 1. The average molecular weight is 482 g/mol. The van der Waals surface area contributed by atoms with Gasteiger partial charge in [0.05, 0.1) is 37.9 Å². The molecule has 172 valence electrons. The molecule has 2 fully saturated rings. The molecule has 2 aliphatic heterocycles. The van der Waals surface area contributed by atoms with Gasteiger partial charge in [0.2, 0.25) is 17.6 Å². The zero-order chi connectivity index (χ0) is 23.3. The second-order valence-corrected chi connectivity index (χ2v) is 8.66. The van der Waals surface area contributed by atoms with E-state index in [-0.39, 0.29) is 36.4 Å². The van der Waals surface area contributed by atoms with Gasteiger partial charge in [-0.25, -0.2) is 0 Å². The summed E-state index contributed by atoms with van der Waals surface area (Å²) in [5, 5.41) is 2.22. The van der Waals surface area contributed by atoms with Gasteiger partial charge in [-0.15, -0.1) is 11.8 Å². The van der Waals surface area contributed by atoms with Crippen LogP contribution in [0.15, 0.2) is 17.0 Å². The van der Waals surface area contributed by atoms with E-state index in [1.165, 1.54) is 38.0 Å². The molecule has 0 unspecified atom stereocenters. The van der Waals surface area contributed by atoms with Gasteiger partial charge in [-0.05, 0) is 35.5 Å². The molecule has 0 spiro atoms. The topological polar surface area (TPSA) is 114 Å². The first-order chi connectivity index (χ1) is 15.4. The maximum absolute atomic E-state index is 12.7. The van der Waals surface area contributed by atoms with Crippen molar-refractivity contribution in [2.24, 2.45) is 0 Å². The standard InChI is InChI=1S/C20H23N3O7S2/c1-28-13-6-12(7-14(29-2)18(13)30-3)8-15-19(26)23(20(27)32-15)5-4-21-16(24)9-22-11-31-10-17(22)25/h6-8H,4-5,9-11H2,1-3H3,(H,21,24)/b15-8-. The van der Waals surface area contributed by atoms with Crippen molar-refractivity contribution in [3.8, 4) is 17.2 Å². The number of nitrogens with one attached hydrogen (secondary N) is 1. The van der Waals surface area contributed by atoms with Crippen LogP contribution < -0.4 is 19.5 Å². The number of rotatable bonds is 9. The molecule has 1 aromatic carbocycles. The lowest BCUT2D eigenvalue weighted by atomic mass is 10.1. The SMILES string of the molecule is COc1cc(/C=C2\SC(=O)N(CCNC(=O)CN3CSCC3=O)C2=O)cc(OC)c1OC. The van der Waals surface area contributed by atoms with Crippen molar-refractivity contribution >= 4 is 52.6 Å². The largest absolute Gasteiger partial charge is 0.493 e. The Hall–Kier alpha value is -2.86. The molecule has 1 aromatic rings. The van der Waals surface area contributed by atoms with E-state index in [0.717, 1.165) is 16.7 Å². The second kappa shape index (κ2) is 10.6. The molecule has 1 N–H and O–H groups in total. The first-order valence-corrected chi connectivity index (χ1v) is 11.5. The molecule has 0 aliphatic carbocycles. The predicted octanol–water partition coefficient (Wildman–Crippen LogP) is 1.40. The molecule has 32 heavy (non-hydrogen) atoms. The van der Waals surface area contributed by atoms with E-state index >= 15 is 0 Å². The highest BCUT2D eigenvalue weighted by molar-refractivity contribution is 8.18. The number of amides is 4.